The Morgan fingerprint density at radius 1 is 1.00 bits per heavy atom. The lowest BCUT2D eigenvalue weighted by Crippen LogP contribution is -2.24. The largest absolute Gasteiger partial charge is 0.465 e. The van der Waals surface area contributed by atoms with Crippen molar-refractivity contribution < 1.29 is 9.53 Å². The van der Waals surface area contributed by atoms with Gasteiger partial charge in [0.15, 0.2) is 0 Å². The SMILES string of the molecule is CCc1nc2cccc(NCc3ccc(C(=O)OC)cc3)c2c(=O)n1-c1ccccc1. The zero-order valence-corrected chi connectivity index (χ0v) is 17.5. The summed E-state index contributed by atoms with van der Waals surface area (Å²) >= 11 is 0. The van der Waals surface area contributed by atoms with Crippen LogP contribution in [0.4, 0.5) is 5.69 Å². The second-order valence-electron chi connectivity index (χ2n) is 7.10. The fraction of sp³-hybridized carbons (Fsp3) is 0.160. The first-order chi connectivity index (χ1) is 15.1. The van der Waals surface area contributed by atoms with Gasteiger partial charge in [-0.3, -0.25) is 9.36 Å². The molecule has 0 fully saturated rings. The Bertz CT molecular complexity index is 1280. The number of methoxy groups -OCH3 is 1. The first kappa shape index (κ1) is 20.3. The van der Waals surface area contributed by atoms with Gasteiger partial charge in [-0.05, 0) is 42.0 Å². The third-order valence-corrected chi connectivity index (χ3v) is 5.16. The van der Waals surface area contributed by atoms with Gasteiger partial charge in [-0.1, -0.05) is 43.3 Å². The Hall–Kier alpha value is -3.93. The van der Waals surface area contributed by atoms with Crippen LogP contribution in [0.15, 0.2) is 77.6 Å². The highest BCUT2D eigenvalue weighted by Crippen LogP contribution is 2.21. The average Bonchev–Trinajstić information content (AvgIpc) is 2.82. The number of nitrogens with one attached hydrogen (secondary N) is 1. The molecule has 0 spiro atoms. The first-order valence-electron chi connectivity index (χ1n) is 10.1. The van der Waals surface area contributed by atoms with Gasteiger partial charge in [0, 0.05) is 18.7 Å². The Labute approximate surface area is 180 Å². The Balaban J connectivity index is 1.72. The van der Waals surface area contributed by atoms with E-state index in [0.717, 1.165) is 22.8 Å². The molecular weight excluding hydrogens is 390 g/mol. The number of fused-ring (bicyclic) bond motifs is 1. The molecule has 4 aromatic rings. The van der Waals surface area contributed by atoms with Crippen LogP contribution in [0.25, 0.3) is 16.6 Å². The minimum absolute atomic E-state index is 0.0998. The lowest BCUT2D eigenvalue weighted by molar-refractivity contribution is 0.0600. The molecule has 0 aliphatic carbocycles. The number of hydrogen-bond donors (Lipinski definition) is 1. The molecule has 6 heteroatoms. The number of nitrogens with zero attached hydrogens (tertiary/aromatic N) is 2. The van der Waals surface area contributed by atoms with Crippen LogP contribution in [0, 0.1) is 0 Å². The van der Waals surface area contributed by atoms with E-state index in [-0.39, 0.29) is 11.5 Å². The number of anilines is 1. The van der Waals surface area contributed by atoms with Crippen molar-refractivity contribution in [3.8, 4) is 5.69 Å². The summed E-state index contributed by atoms with van der Waals surface area (Å²) in [6.45, 7) is 2.49. The fourth-order valence-electron chi connectivity index (χ4n) is 3.58. The number of aromatic nitrogens is 2. The number of carbonyl (C=O) groups is 1. The summed E-state index contributed by atoms with van der Waals surface area (Å²) in [6.07, 6.45) is 0.643. The molecule has 1 N–H and O–H groups in total. The van der Waals surface area contributed by atoms with Gasteiger partial charge in [-0.2, -0.15) is 0 Å². The predicted octanol–water partition coefficient (Wildman–Crippen LogP) is 4.35. The molecule has 1 heterocycles. The lowest BCUT2D eigenvalue weighted by atomic mass is 10.1. The van der Waals surface area contributed by atoms with Crippen molar-refractivity contribution in [1.29, 1.82) is 0 Å². The highest BCUT2D eigenvalue weighted by molar-refractivity contribution is 5.91. The normalized spacial score (nSPS) is 10.8. The van der Waals surface area contributed by atoms with Crippen LogP contribution in [-0.2, 0) is 17.7 Å². The van der Waals surface area contributed by atoms with Gasteiger partial charge in [0.05, 0.1) is 29.3 Å². The monoisotopic (exact) mass is 413 g/mol. The number of para-hydroxylation sites is 1. The van der Waals surface area contributed by atoms with Crippen LogP contribution in [-0.4, -0.2) is 22.6 Å². The van der Waals surface area contributed by atoms with E-state index in [1.54, 1.807) is 16.7 Å². The van der Waals surface area contributed by atoms with Crippen molar-refractivity contribution in [3.05, 3.63) is 100 Å². The zero-order chi connectivity index (χ0) is 21.8. The summed E-state index contributed by atoms with van der Waals surface area (Å²) in [5, 5.41) is 3.90. The van der Waals surface area contributed by atoms with E-state index in [1.807, 2.05) is 67.6 Å². The predicted molar refractivity (Wildman–Crippen MR) is 122 cm³/mol. The highest BCUT2D eigenvalue weighted by Gasteiger charge is 2.14. The maximum Gasteiger partial charge on any atom is 0.337 e. The number of ether oxygens (including phenoxy) is 1. The molecule has 156 valence electrons. The molecule has 0 unspecified atom stereocenters. The second-order valence-corrected chi connectivity index (χ2v) is 7.10. The molecule has 6 nitrogen and oxygen atoms in total. The van der Waals surface area contributed by atoms with Crippen LogP contribution >= 0.6 is 0 Å². The third-order valence-electron chi connectivity index (χ3n) is 5.16. The summed E-state index contributed by atoms with van der Waals surface area (Å²) < 4.78 is 6.41. The van der Waals surface area contributed by atoms with E-state index in [4.69, 9.17) is 9.72 Å². The lowest BCUT2D eigenvalue weighted by Gasteiger charge is -2.15. The maximum absolute atomic E-state index is 13.5. The van der Waals surface area contributed by atoms with Crippen molar-refractivity contribution in [2.75, 3.05) is 12.4 Å². The number of rotatable bonds is 6. The van der Waals surface area contributed by atoms with Crippen LogP contribution in [0.5, 0.6) is 0 Å². The van der Waals surface area contributed by atoms with Gasteiger partial charge in [0.25, 0.3) is 5.56 Å². The van der Waals surface area contributed by atoms with Crippen molar-refractivity contribution >= 4 is 22.6 Å². The standard InChI is InChI=1S/C25H23N3O3/c1-3-22-27-21-11-7-10-20(23(21)24(29)28(22)19-8-5-4-6-9-19)26-16-17-12-14-18(15-13-17)25(30)31-2/h4-15,26H,3,16H2,1-2H3. The van der Waals surface area contributed by atoms with Crippen molar-refractivity contribution in [3.63, 3.8) is 0 Å². The maximum atomic E-state index is 13.5. The fourth-order valence-corrected chi connectivity index (χ4v) is 3.58. The third kappa shape index (κ3) is 4.05. The molecule has 0 saturated carbocycles. The number of carbonyl (C=O) groups excluding carboxylic acids is 1. The minimum atomic E-state index is -0.368. The summed E-state index contributed by atoms with van der Waals surface area (Å²) in [5.74, 6) is 0.354. The molecule has 0 aliphatic rings. The van der Waals surface area contributed by atoms with Gasteiger partial charge < -0.3 is 10.1 Å². The molecule has 0 atom stereocenters. The first-order valence-corrected chi connectivity index (χ1v) is 10.1. The summed E-state index contributed by atoms with van der Waals surface area (Å²) in [4.78, 5) is 29.9. The highest BCUT2D eigenvalue weighted by atomic mass is 16.5. The van der Waals surface area contributed by atoms with E-state index in [9.17, 15) is 9.59 Å². The molecule has 0 radical (unpaired) electrons. The molecule has 3 aromatic carbocycles. The number of aryl methyl sites for hydroxylation is 1. The summed E-state index contributed by atoms with van der Waals surface area (Å²) in [6, 6.07) is 22.4. The molecule has 31 heavy (non-hydrogen) atoms. The molecule has 0 bridgehead atoms. The van der Waals surface area contributed by atoms with E-state index in [0.29, 0.717) is 29.4 Å². The van der Waals surface area contributed by atoms with Gasteiger partial charge >= 0.3 is 5.97 Å². The quantitative estimate of drug-likeness (QED) is 0.476. The van der Waals surface area contributed by atoms with Crippen molar-refractivity contribution in [1.82, 2.24) is 9.55 Å². The molecule has 0 aliphatic heterocycles. The average molecular weight is 413 g/mol. The number of benzene rings is 3. The topological polar surface area (TPSA) is 73.2 Å². The molecule has 1 aromatic heterocycles. The van der Waals surface area contributed by atoms with Crippen LogP contribution in [0.1, 0.15) is 28.7 Å². The van der Waals surface area contributed by atoms with Crippen LogP contribution < -0.4 is 10.9 Å². The van der Waals surface area contributed by atoms with Gasteiger partial charge in [-0.15, -0.1) is 0 Å². The van der Waals surface area contributed by atoms with Crippen molar-refractivity contribution in [2.24, 2.45) is 0 Å². The van der Waals surface area contributed by atoms with E-state index in [1.165, 1.54) is 7.11 Å². The van der Waals surface area contributed by atoms with Gasteiger partial charge in [-0.25, -0.2) is 9.78 Å². The molecule has 4 rings (SSSR count). The number of hydrogen-bond acceptors (Lipinski definition) is 5. The Morgan fingerprint density at radius 3 is 2.42 bits per heavy atom. The summed E-state index contributed by atoms with van der Waals surface area (Å²) in [7, 11) is 1.36. The van der Waals surface area contributed by atoms with Crippen LogP contribution in [0.2, 0.25) is 0 Å². The van der Waals surface area contributed by atoms with Gasteiger partial charge in [0.2, 0.25) is 0 Å². The van der Waals surface area contributed by atoms with E-state index < -0.39 is 0 Å². The molecular formula is C25H23N3O3. The Morgan fingerprint density at radius 2 is 1.74 bits per heavy atom. The van der Waals surface area contributed by atoms with E-state index in [2.05, 4.69) is 5.32 Å². The molecule has 0 amide bonds. The number of esters is 1. The minimum Gasteiger partial charge on any atom is -0.465 e. The zero-order valence-electron chi connectivity index (χ0n) is 17.5. The Kier molecular flexibility index (Phi) is 5.80. The smallest absolute Gasteiger partial charge is 0.337 e. The van der Waals surface area contributed by atoms with E-state index >= 15 is 0 Å². The second kappa shape index (κ2) is 8.83. The van der Waals surface area contributed by atoms with Crippen molar-refractivity contribution in [2.45, 2.75) is 19.9 Å². The molecule has 0 saturated heterocycles. The van der Waals surface area contributed by atoms with Crippen LogP contribution in [0.3, 0.4) is 0 Å². The summed E-state index contributed by atoms with van der Waals surface area (Å²) in [5.41, 5.74) is 3.56. The van der Waals surface area contributed by atoms with Gasteiger partial charge in [0.1, 0.15) is 5.82 Å².